The molecule has 0 heterocycles. The number of nitrogens with two attached hydrogens (primary N) is 1. The van der Waals surface area contributed by atoms with E-state index in [1.54, 1.807) is 6.07 Å². The fourth-order valence-electron chi connectivity index (χ4n) is 2.00. The SMILES string of the molecule is Cc1cccc(OC(CCN)c2cccc(F)c2)c1. The Morgan fingerprint density at radius 3 is 2.63 bits per heavy atom. The third-order valence-corrected chi connectivity index (χ3v) is 2.92. The maximum atomic E-state index is 13.3. The molecule has 0 saturated carbocycles. The number of rotatable bonds is 5. The normalized spacial score (nSPS) is 12.2. The zero-order chi connectivity index (χ0) is 13.7. The van der Waals surface area contributed by atoms with Crippen molar-refractivity contribution < 1.29 is 9.13 Å². The number of benzene rings is 2. The van der Waals surface area contributed by atoms with E-state index in [2.05, 4.69) is 0 Å². The van der Waals surface area contributed by atoms with E-state index in [0.29, 0.717) is 13.0 Å². The number of hydrogen-bond donors (Lipinski definition) is 1. The van der Waals surface area contributed by atoms with E-state index in [9.17, 15) is 4.39 Å². The third-order valence-electron chi connectivity index (χ3n) is 2.92. The Morgan fingerprint density at radius 2 is 1.95 bits per heavy atom. The van der Waals surface area contributed by atoms with Gasteiger partial charge in [0.25, 0.3) is 0 Å². The van der Waals surface area contributed by atoms with Gasteiger partial charge in [-0.3, -0.25) is 0 Å². The maximum absolute atomic E-state index is 13.3. The van der Waals surface area contributed by atoms with E-state index >= 15 is 0 Å². The Labute approximate surface area is 113 Å². The van der Waals surface area contributed by atoms with Gasteiger partial charge in [-0.25, -0.2) is 4.39 Å². The van der Waals surface area contributed by atoms with Crippen molar-refractivity contribution in [3.8, 4) is 5.75 Å². The highest BCUT2D eigenvalue weighted by Gasteiger charge is 2.13. The molecule has 0 radical (unpaired) electrons. The highest BCUT2D eigenvalue weighted by Crippen LogP contribution is 2.25. The van der Waals surface area contributed by atoms with Gasteiger partial charge in [-0.05, 0) is 48.9 Å². The molecule has 0 fully saturated rings. The van der Waals surface area contributed by atoms with Gasteiger partial charge in [0.1, 0.15) is 17.7 Å². The molecule has 3 heteroatoms. The average molecular weight is 259 g/mol. The van der Waals surface area contributed by atoms with Gasteiger partial charge in [0, 0.05) is 6.42 Å². The van der Waals surface area contributed by atoms with Crippen LogP contribution in [-0.4, -0.2) is 6.54 Å². The van der Waals surface area contributed by atoms with Crippen LogP contribution in [-0.2, 0) is 0 Å². The van der Waals surface area contributed by atoms with Gasteiger partial charge in [-0.1, -0.05) is 24.3 Å². The molecule has 0 saturated heterocycles. The number of ether oxygens (including phenoxy) is 1. The fraction of sp³-hybridized carbons (Fsp3) is 0.250. The van der Waals surface area contributed by atoms with Crippen molar-refractivity contribution in [1.29, 1.82) is 0 Å². The minimum absolute atomic E-state index is 0.220. The van der Waals surface area contributed by atoms with Crippen molar-refractivity contribution in [3.63, 3.8) is 0 Å². The van der Waals surface area contributed by atoms with Gasteiger partial charge in [0.15, 0.2) is 0 Å². The first-order valence-corrected chi connectivity index (χ1v) is 6.38. The molecule has 2 N–H and O–H groups in total. The quantitative estimate of drug-likeness (QED) is 0.890. The summed E-state index contributed by atoms with van der Waals surface area (Å²) >= 11 is 0. The molecule has 0 aliphatic rings. The average Bonchev–Trinajstić information content (AvgIpc) is 2.38. The minimum atomic E-state index is -0.257. The van der Waals surface area contributed by atoms with Gasteiger partial charge in [0.2, 0.25) is 0 Å². The Balaban J connectivity index is 2.21. The monoisotopic (exact) mass is 259 g/mol. The van der Waals surface area contributed by atoms with Gasteiger partial charge in [-0.15, -0.1) is 0 Å². The van der Waals surface area contributed by atoms with E-state index in [4.69, 9.17) is 10.5 Å². The molecule has 1 unspecified atom stereocenters. The molecule has 0 aliphatic heterocycles. The molecular formula is C16H18FNO. The zero-order valence-electron chi connectivity index (χ0n) is 11.0. The summed E-state index contributed by atoms with van der Waals surface area (Å²) in [5.41, 5.74) is 7.55. The Morgan fingerprint density at radius 1 is 1.16 bits per heavy atom. The molecule has 0 aromatic heterocycles. The molecule has 19 heavy (non-hydrogen) atoms. The molecule has 2 nitrogen and oxygen atoms in total. The first-order valence-electron chi connectivity index (χ1n) is 6.38. The molecular weight excluding hydrogens is 241 g/mol. The van der Waals surface area contributed by atoms with E-state index in [1.807, 2.05) is 37.3 Å². The molecule has 0 bridgehead atoms. The van der Waals surface area contributed by atoms with Crippen LogP contribution in [0.4, 0.5) is 4.39 Å². The second kappa shape index (κ2) is 6.34. The van der Waals surface area contributed by atoms with Crippen LogP contribution >= 0.6 is 0 Å². The molecule has 2 rings (SSSR count). The van der Waals surface area contributed by atoms with E-state index in [0.717, 1.165) is 16.9 Å². The maximum Gasteiger partial charge on any atom is 0.125 e. The van der Waals surface area contributed by atoms with Gasteiger partial charge in [0.05, 0.1) is 0 Å². The van der Waals surface area contributed by atoms with E-state index in [1.165, 1.54) is 12.1 Å². The summed E-state index contributed by atoms with van der Waals surface area (Å²) in [6.07, 6.45) is 0.430. The van der Waals surface area contributed by atoms with Crippen LogP contribution < -0.4 is 10.5 Å². The van der Waals surface area contributed by atoms with Gasteiger partial charge < -0.3 is 10.5 Å². The molecule has 1 atom stereocenters. The van der Waals surface area contributed by atoms with Crippen LogP contribution in [0.2, 0.25) is 0 Å². The van der Waals surface area contributed by atoms with Crippen molar-refractivity contribution >= 4 is 0 Å². The van der Waals surface area contributed by atoms with Gasteiger partial charge in [-0.2, -0.15) is 0 Å². The zero-order valence-corrected chi connectivity index (χ0v) is 11.0. The lowest BCUT2D eigenvalue weighted by Gasteiger charge is -2.19. The predicted molar refractivity (Wildman–Crippen MR) is 74.6 cm³/mol. The molecule has 2 aromatic carbocycles. The molecule has 0 amide bonds. The smallest absolute Gasteiger partial charge is 0.125 e. The van der Waals surface area contributed by atoms with Crippen LogP contribution in [0, 0.1) is 12.7 Å². The Kier molecular flexibility index (Phi) is 4.53. The fourth-order valence-corrected chi connectivity index (χ4v) is 2.00. The standard InChI is InChI=1S/C16H18FNO/c1-12-4-2-7-15(10-12)19-16(8-9-18)13-5-3-6-14(17)11-13/h2-7,10-11,16H,8-9,18H2,1H3. The van der Waals surface area contributed by atoms with Crippen molar-refractivity contribution in [2.45, 2.75) is 19.4 Å². The van der Waals surface area contributed by atoms with Crippen LogP contribution in [0.15, 0.2) is 48.5 Å². The van der Waals surface area contributed by atoms with E-state index < -0.39 is 0 Å². The first-order chi connectivity index (χ1) is 9.19. The van der Waals surface area contributed by atoms with Crippen LogP contribution in [0.1, 0.15) is 23.7 Å². The Bertz CT molecular complexity index is 542. The number of halogens is 1. The summed E-state index contributed by atoms with van der Waals surface area (Å²) in [6, 6.07) is 14.3. The highest BCUT2D eigenvalue weighted by molar-refractivity contribution is 5.29. The van der Waals surface area contributed by atoms with Crippen LogP contribution in [0.5, 0.6) is 5.75 Å². The molecule has 100 valence electrons. The summed E-state index contributed by atoms with van der Waals surface area (Å²) < 4.78 is 19.2. The van der Waals surface area contributed by atoms with Crippen molar-refractivity contribution in [3.05, 3.63) is 65.5 Å². The summed E-state index contributed by atoms with van der Waals surface area (Å²) in [7, 11) is 0. The third kappa shape index (κ3) is 3.80. The minimum Gasteiger partial charge on any atom is -0.486 e. The second-order valence-electron chi connectivity index (χ2n) is 4.56. The van der Waals surface area contributed by atoms with Crippen molar-refractivity contribution in [2.24, 2.45) is 5.73 Å². The van der Waals surface area contributed by atoms with Crippen molar-refractivity contribution in [2.75, 3.05) is 6.54 Å². The van der Waals surface area contributed by atoms with Crippen LogP contribution in [0.3, 0.4) is 0 Å². The van der Waals surface area contributed by atoms with Gasteiger partial charge >= 0.3 is 0 Å². The highest BCUT2D eigenvalue weighted by atomic mass is 19.1. The second-order valence-corrected chi connectivity index (χ2v) is 4.56. The number of hydrogen-bond acceptors (Lipinski definition) is 2. The lowest BCUT2D eigenvalue weighted by molar-refractivity contribution is 0.197. The first kappa shape index (κ1) is 13.6. The summed E-state index contributed by atoms with van der Waals surface area (Å²) in [5.74, 6) is 0.523. The predicted octanol–water partition coefficient (Wildman–Crippen LogP) is 3.60. The van der Waals surface area contributed by atoms with E-state index in [-0.39, 0.29) is 11.9 Å². The molecule has 2 aromatic rings. The topological polar surface area (TPSA) is 35.2 Å². The van der Waals surface area contributed by atoms with Crippen molar-refractivity contribution in [1.82, 2.24) is 0 Å². The lowest BCUT2D eigenvalue weighted by atomic mass is 10.1. The summed E-state index contributed by atoms with van der Waals surface area (Å²) in [5, 5.41) is 0. The lowest BCUT2D eigenvalue weighted by Crippen LogP contribution is -2.13. The number of aryl methyl sites for hydroxylation is 1. The van der Waals surface area contributed by atoms with Crippen LogP contribution in [0.25, 0.3) is 0 Å². The summed E-state index contributed by atoms with van der Waals surface area (Å²) in [4.78, 5) is 0. The Hall–Kier alpha value is -1.87. The molecule has 0 spiro atoms. The summed E-state index contributed by atoms with van der Waals surface area (Å²) in [6.45, 7) is 2.50. The largest absolute Gasteiger partial charge is 0.486 e. The molecule has 0 aliphatic carbocycles.